The van der Waals surface area contributed by atoms with Crippen LogP contribution in [0.4, 0.5) is 11.4 Å². The van der Waals surface area contributed by atoms with E-state index >= 15 is 0 Å². The summed E-state index contributed by atoms with van der Waals surface area (Å²) < 4.78 is 0. The van der Waals surface area contributed by atoms with E-state index in [2.05, 4.69) is 28.9 Å². The summed E-state index contributed by atoms with van der Waals surface area (Å²) in [7, 11) is 0. The average molecular weight is 517 g/mol. The Hall–Kier alpha value is -3.88. The number of hydrogen-bond acceptors (Lipinski definition) is 5. The van der Waals surface area contributed by atoms with E-state index in [9.17, 15) is 14.4 Å². The van der Waals surface area contributed by atoms with Crippen LogP contribution in [0.5, 0.6) is 0 Å². The summed E-state index contributed by atoms with van der Waals surface area (Å²) in [4.78, 5) is 47.6. The van der Waals surface area contributed by atoms with Crippen molar-refractivity contribution < 1.29 is 14.4 Å². The normalized spacial score (nSPS) is 21.5. The number of carbonyl (C=O) groups excluding carboxylic acids is 3. The van der Waals surface area contributed by atoms with Crippen LogP contribution < -0.4 is 16.0 Å². The first-order valence-corrected chi connectivity index (χ1v) is 13.6. The van der Waals surface area contributed by atoms with Crippen LogP contribution in [-0.2, 0) is 16.0 Å². The van der Waals surface area contributed by atoms with Crippen molar-refractivity contribution in [3.63, 3.8) is 0 Å². The number of hydrogen-bond donors (Lipinski definition) is 3. The third-order valence-corrected chi connectivity index (χ3v) is 7.39. The predicted molar refractivity (Wildman–Crippen MR) is 148 cm³/mol. The number of fused-ring (bicyclic) bond motifs is 1. The van der Waals surface area contributed by atoms with Crippen LogP contribution in [0.1, 0.15) is 54.9 Å². The Bertz CT molecular complexity index is 1210. The highest BCUT2D eigenvalue weighted by atomic mass is 16.2. The molecule has 3 N–H and O–H groups in total. The van der Waals surface area contributed by atoms with Crippen LogP contribution in [0.2, 0.25) is 0 Å². The van der Waals surface area contributed by atoms with Crippen LogP contribution >= 0.6 is 0 Å². The number of nitrogens with one attached hydrogen (secondary N) is 3. The van der Waals surface area contributed by atoms with E-state index in [1.807, 2.05) is 23.1 Å². The van der Waals surface area contributed by atoms with Crippen molar-refractivity contribution in [2.75, 3.05) is 36.8 Å². The fourth-order valence-electron chi connectivity index (χ4n) is 5.36. The first-order chi connectivity index (χ1) is 18.5. The molecular weight excluding hydrogens is 480 g/mol. The molecular formula is C29H36N6O3. The molecule has 0 radical (unpaired) electrons. The minimum atomic E-state index is -0.685. The highest BCUT2D eigenvalue weighted by molar-refractivity contribution is 6.10. The molecule has 3 amide bonds. The Morgan fingerprint density at radius 2 is 1.79 bits per heavy atom. The lowest BCUT2D eigenvalue weighted by Crippen LogP contribution is -2.45. The van der Waals surface area contributed by atoms with Crippen LogP contribution in [0.15, 0.2) is 53.5 Å². The maximum Gasteiger partial charge on any atom is 0.257 e. The summed E-state index contributed by atoms with van der Waals surface area (Å²) in [6.07, 6.45) is 5.18. The van der Waals surface area contributed by atoms with Gasteiger partial charge >= 0.3 is 0 Å². The van der Waals surface area contributed by atoms with Crippen molar-refractivity contribution in [3.8, 4) is 0 Å². The number of carbonyl (C=O) groups is 3. The first kappa shape index (κ1) is 25.8. The third kappa shape index (κ3) is 6.15. The average Bonchev–Trinajstić information content (AvgIpc) is 3.55. The van der Waals surface area contributed by atoms with Gasteiger partial charge in [-0.25, -0.2) is 4.99 Å². The van der Waals surface area contributed by atoms with E-state index in [4.69, 9.17) is 4.99 Å². The molecule has 0 bridgehead atoms. The van der Waals surface area contributed by atoms with Crippen molar-refractivity contribution in [2.24, 2.45) is 4.99 Å². The number of benzene rings is 2. The van der Waals surface area contributed by atoms with Gasteiger partial charge in [0.2, 0.25) is 17.8 Å². The van der Waals surface area contributed by atoms with Crippen molar-refractivity contribution in [1.82, 2.24) is 15.1 Å². The number of nitrogens with zero attached hydrogens (tertiary/aromatic N) is 3. The Labute approximate surface area is 223 Å². The molecule has 3 aliphatic rings. The molecule has 2 saturated heterocycles. The minimum Gasteiger partial charge on any atom is -0.382 e. The number of likely N-dealkylation sites (tertiary alicyclic amines) is 2. The third-order valence-electron chi connectivity index (χ3n) is 7.39. The molecule has 9 heteroatoms. The number of anilines is 2. The zero-order chi connectivity index (χ0) is 26.5. The monoisotopic (exact) mass is 516 g/mol. The summed E-state index contributed by atoms with van der Waals surface area (Å²) in [6, 6.07) is 14.6. The quantitative estimate of drug-likeness (QED) is 0.418. The van der Waals surface area contributed by atoms with Crippen LogP contribution in [0, 0.1) is 0 Å². The van der Waals surface area contributed by atoms with Gasteiger partial charge in [-0.3, -0.25) is 19.7 Å². The SMILES string of the molecule is CC1Cc2ccc(NC(=N[C@H]3CCCCN(CC(=O)N4CCCC4)C3=O)NC(=O)c3ccccc3)cc2N1. The predicted octanol–water partition coefficient (Wildman–Crippen LogP) is 3.24. The molecule has 2 aromatic rings. The Balaban J connectivity index is 1.37. The molecule has 2 atom stereocenters. The van der Waals surface area contributed by atoms with Gasteiger partial charge in [0.25, 0.3) is 5.91 Å². The van der Waals surface area contributed by atoms with Gasteiger partial charge in [-0.15, -0.1) is 0 Å². The smallest absolute Gasteiger partial charge is 0.257 e. The Morgan fingerprint density at radius 1 is 1.03 bits per heavy atom. The van der Waals surface area contributed by atoms with Crippen LogP contribution in [0.25, 0.3) is 0 Å². The second-order valence-electron chi connectivity index (χ2n) is 10.4. The highest BCUT2D eigenvalue weighted by Gasteiger charge is 2.30. The largest absolute Gasteiger partial charge is 0.382 e. The van der Waals surface area contributed by atoms with E-state index in [0.717, 1.165) is 56.6 Å². The Morgan fingerprint density at radius 3 is 2.58 bits per heavy atom. The van der Waals surface area contributed by atoms with Gasteiger partial charge in [0, 0.05) is 42.6 Å². The number of aliphatic imine (C=N–C) groups is 1. The lowest BCUT2D eigenvalue weighted by atomic mass is 10.1. The zero-order valence-corrected chi connectivity index (χ0v) is 21.9. The van der Waals surface area contributed by atoms with E-state index < -0.39 is 6.04 Å². The van der Waals surface area contributed by atoms with E-state index in [1.54, 1.807) is 29.2 Å². The van der Waals surface area contributed by atoms with Crippen molar-refractivity contribution in [3.05, 3.63) is 59.7 Å². The Kier molecular flexibility index (Phi) is 7.91. The van der Waals surface area contributed by atoms with Crippen LogP contribution in [0.3, 0.4) is 0 Å². The summed E-state index contributed by atoms with van der Waals surface area (Å²) in [6.45, 7) is 4.28. The first-order valence-electron chi connectivity index (χ1n) is 13.6. The molecule has 0 aliphatic carbocycles. The fraction of sp³-hybridized carbons (Fsp3) is 0.448. The van der Waals surface area contributed by atoms with Crippen LogP contribution in [-0.4, -0.2) is 71.7 Å². The van der Waals surface area contributed by atoms with Crippen molar-refractivity contribution in [2.45, 2.75) is 57.5 Å². The maximum atomic E-state index is 13.5. The zero-order valence-electron chi connectivity index (χ0n) is 21.9. The molecule has 1 unspecified atom stereocenters. The molecule has 2 fully saturated rings. The lowest BCUT2D eigenvalue weighted by molar-refractivity contribution is -0.140. The molecule has 2 aromatic carbocycles. The van der Waals surface area contributed by atoms with Gasteiger partial charge in [-0.2, -0.15) is 0 Å². The molecule has 38 heavy (non-hydrogen) atoms. The molecule has 3 heterocycles. The van der Waals surface area contributed by atoms with Gasteiger partial charge in [0.05, 0.1) is 6.54 Å². The molecule has 9 nitrogen and oxygen atoms in total. The summed E-state index contributed by atoms with van der Waals surface area (Å²) in [5.41, 5.74) is 3.55. The summed E-state index contributed by atoms with van der Waals surface area (Å²) >= 11 is 0. The molecule has 200 valence electrons. The number of guanidine groups is 1. The minimum absolute atomic E-state index is 0.00363. The van der Waals surface area contributed by atoms with Gasteiger partial charge in [0.1, 0.15) is 6.04 Å². The lowest BCUT2D eigenvalue weighted by Gasteiger charge is -2.25. The number of rotatable bonds is 5. The number of amides is 3. The second-order valence-corrected chi connectivity index (χ2v) is 10.4. The van der Waals surface area contributed by atoms with Gasteiger partial charge in [-0.1, -0.05) is 24.3 Å². The molecule has 3 aliphatic heterocycles. The van der Waals surface area contributed by atoms with E-state index in [0.29, 0.717) is 24.6 Å². The van der Waals surface area contributed by atoms with Gasteiger partial charge < -0.3 is 20.4 Å². The molecule has 0 spiro atoms. The van der Waals surface area contributed by atoms with E-state index in [1.165, 1.54) is 5.56 Å². The highest BCUT2D eigenvalue weighted by Crippen LogP contribution is 2.28. The van der Waals surface area contributed by atoms with Crippen molar-refractivity contribution in [1.29, 1.82) is 0 Å². The summed E-state index contributed by atoms with van der Waals surface area (Å²) in [5, 5.41) is 9.58. The molecule has 0 saturated carbocycles. The topological polar surface area (TPSA) is 106 Å². The standard InChI is InChI=1S/C29H36N6O3/c1-20-17-22-12-13-23(18-25(22)30-20)31-29(33-27(37)21-9-3-2-4-10-21)32-24-11-5-6-16-35(28(24)38)19-26(36)34-14-7-8-15-34/h2-4,9-10,12-13,18,20,24,30H,5-8,11,14-17,19H2,1H3,(H2,31,32,33,37)/t20?,24-/m0/s1. The van der Waals surface area contributed by atoms with Gasteiger partial charge in [-0.05, 0) is 75.3 Å². The fourth-order valence-corrected chi connectivity index (χ4v) is 5.36. The molecule has 5 rings (SSSR count). The van der Waals surface area contributed by atoms with Crippen molar-refractivity contribution >= 4 is 35.1 Å². The maximum absolute atomic E-state index is 13.5. The summed E-state index contributed by atoms with van der Waals surface area (Å²) in [5.74, 6) is -0.272. The second kappa shape index (κ2) is 11.7. The van der Waals surface area contributed by atoms with E-state index in [-0.39, 0.29) is 30.2 Å². The molecule has 0 aromatic heterocycles. The van der Waals surface area contributed by atoms with Gasteiger partial charge in [0.15, 0.2) is 0 Å².